The Hall–Kier alpha value is -4.06. The van der Waals surface area contributed by atoms with Crippen LogP contribution in [0, 0.1) is 0 Å². The van der Waals surface area contributed by atoms with Crippen LogP contribution in [0.3, 0.4) is 0 Å². The summed E-state index contributed by atoms with van der Waals surface area (Å²) < 4.78 is 78.1. The molecule has 2 amide bonds. The van der Waals surface area contributed by atoms with Gasteiger partial charge in [-0.25, -0.2) is 26.4 Å². The van der Waals surface area contributed by atoms with Crippen molar-refractivity contribution in [3.05, 3.63) is 45.0 Å². The zero-order chi connectivity index (χ0) is 38.9. The molecule has 3 aliphatic carbocycles. The van der Waals surface area contributed by atoms with Crippen molar-refractivity contribution in [1.82, 2.24) is 9.80 Å². The topological polar surface area (TPSA) is 220 Å². The molecule has 7 aliphatic rings. The van der Waals surface area contributed by atoms with E-state index in [9.17, 15) is 46.2 Å². The summed E-state index contributed by atoms with van der Waals surface area (Å²) in [6, 6.07) is 0. The van der Waals surface area contributed by atoms with Gasteiger partial charge in [-0.2, -0.15) is 0 Å². The molecule has 4 spiro atoms. The molecule has 0 atom stereocenters. The van der Waals surface area contributed by atoms with Gasteiger partial charge in [0, 0.05) is 38.8 Å². The van der Waals surface area contributed by atoms with Gasteiger partial charge in [-0.1, -0.05) is 52.4 Å². The Morgan fingerprint density at radius 2 is 0.889 bits per heavy atom. The molecule has 18 heteroatoms. The summed E-state index contributed by atoms with van der Waals surface area (Å²) in [5.41, 5.74) is -1.28. The highest BCUT2D eigenvalue weighted by molar-refractivity contribution is 7.98. The molecule has 296 valence electrons. The van der Waals surface area contributed by atoms with Crippen LogP contribution in [0.2, 0.25) is 0 Å². The molecular formula is C36H46N2O14S2. The van der Waals surface area contributed by atoms with Crippen molar-refractivity contribution < 1.29 is 65.2 Å². The second-order valence-electron chi connectivity index (χ2n) is 15.2. The number of hydrogen-bond acceptors (Lipinski definition) is 14. The van der Waals surface area contributed by atoms with Crippen molar-refractivity contribution in [2.24, 2.45) is 0 Å². The number of hydrogen-bond donors (Lipinski definition) is 2. The Bertz CT molecular complexity index is 1860. The number of amides is 2. The Kier molecular flexibility index (Phi) is 9.42. The van der Waals surface area contributed by atoms with Crippen LogP contribution >= 0.6 is 0 Å². The van der Waals surface area contributed by atoms with E-state index in [0.29, 0.717) is 38.5 Å². The fourth-order valence-corrected chi connectivity index (χ4v) is 13.9. The SMILES string of the molecule is CCCN1C(=O)/C(=C\C2=C(O)OC3(CCC4(CC3)OC(=O)C(/C=C3\C(=O)N(CCC)C5(CCCCC5)S3(=O)=O)=C(O)O4)OC2=O)S(=O)(=O)C12CCCCC2. The minimum atomic E-state index is -4.24. The van der Waals surface area contributed by atoms with Crippen molar-refractivity contribution in [3.8, 4) is 0 Å². The molecule has 2 N–H and O–H groups in total. The molecule has 0 radical (unpaired) electrons. The summed E-state index contributed by atoms with van der Waals surface area (Å²) in [5.74, 6) is -9.25. The van der Waals surface area contributed by atoms with Crippen LogP contribution in [0.15, 0.2) is 45.0 Å². The Balaban J connectivity index is 1.10. The largest absolute Gasteiger partial charge is 0.480 e. The van der Waals surface area contributed by atoms with Crippen molar-refractivity contribution in [1.29, 1.82) is 0 Å². The average Bonchev–Trinajstić information content (AvgIpc) is 3.36. The van der Waals surface area contributed by atoms with Gasteiger partial charge in [0.2, 0.25) is 19.7 Å². The maximum atomic E-state index is 13.9. The fraction of sp³-hybridized carbons (Fsp3) is 0.667. The number of rotatable bonds is 6. The van der Waals surface area contributed by atoms with Gasteiger partial charge in [-0.05, 0) is 50.7 Å². The predicted octanol–water partition coefficient (Wildman–Crippen LogP) is 4.06. The van der Waals surface area contributed by atoms with Gasteiger partial charge in [-0.3, -0.25) is 9.59 Å². The highest BCUT2D eigenvalue weighted by Crippen LogP contribution is 2.51. The second-order valence-corrected chi connectivity index (χ2v) is 19.6. The quantitative estimate of drug-likeness (QED) is 0.286. The van der Waals surface area contributed by atoms with Crippen molar-refractivity contribution in [2.75, 3.05) is 13.1 Å². The van der Waals surface area contributed by atoms with Crippen LogP contribution < -0.4 is 0 Å². The van der Waals surface area contributed by atoms with Crippen molar-refractivity contribution >= 4 is 43.4 Å². The number of ether oxygens (including phenoxy) is 4. The Morgan fingerprint density at radius 3 is 1.19 bits per heavy atom. The van der Waals surface area contributed by atoms with Gasteiger partial charge in [0.05, 0.1) is 0 Å². The normalized spacial score (nSPS) is 32.9. The number of nitrogens with zero attached hydrogens (tertiary/aromatic N) is 2. The van der Waals surface area contributed by atoms with Crippen molar-refractivity contribution in [2.45, 2.75) is 138 Å². The van der Waals surface area contributed by atoms with E-state index in [1.54, 1.807) is 0 Å². The molecule has 4 heterocycles. The molecule has 5 fully saturated rings. The molecule has 4 aliphatic heterocycles. The first kappa shape index (κ1) is 38.2. The first-order valence-electron chi connectivity index (χ1n) is 18.8. The first-order valence-corrected chi connectivity index (χ1v) is 21.8. The highest BCUT2D eigenvalue weighted by Gasteiger charge is 2.63. The van der Waals surface area contributed by atoms with Crippen LogP contribution in [0.1, 0.15) is 117 Å². The van der Waals surface area contributed by atoms with Gasteiger partial charge in [0.1, 0.15) is 30.7 Å². The molecule has 0 aromatic rings. The molecule has 2 saturated heterocycles. The smallest absolute Gasteiger partial charge is 0.348 e. The zero-order valence-electron chi connectivity index (χ0n) is 30.4. The molecule has 0 bridgehead atoms. The molecule has 0 aromatic heterocycles. The average molecular weight is 795 g/mol. The van der Waals surface area contributed by atoms with E-state index < -0.39 is 97.6 Å². The summed E-state index contributed by atoms with van der Waals surface area (Å²) in [6.45, 7) is 4.07. The minimum absolute atomic E-state index is 0.206. The number of aliphatic hydroxyl groups excluding tert-OH is 2. The first-order chi connectivity index (χ1) is 25.5. The molecule has 54 heavy (non-hydrogen) atoms. The maximum absolute atomic E-state index is 13.9. The van der Waals surface area contributed by atoms with Crippen LogP contribution in [-0.4, -0.2) is 95.0 Å². The molecule has 3 saturated carbocycles. The fourth-order valence-electron chi connectivity index (χ4n) is 9.24. The van der Waals surface area contributed by atoms with E-state index >= 15 is 0 Å². The number of aliphatic hydroxyl groups is 2. The Morgan fingerprint density at radius 1 is 0.556 bits per heavy atom. The van der Waals surface area contributed by atoms with E-state index in [1.807, 2.05) is 13.8 Å². The number of esters is 2. The number of carbonyl (C=O) groups excluding carboxylic acids is 4. The van der Waals surface area contributed by atoms with E-state index in [-0.39, 0.29) is 64.5 Å². The second kappa shape index (κ2) is 13.3. The summed E-state index contributed by atoms with van der Waals surface area (Å²) >= 11 is 0. The van der Waals surface area contributed by atoms with Crippen LogP contribution in [-0.2, 0) is 57.8 Å². The summed E-state index contributed by atoms with van der Waals surface area (Å²) in [6.07, 6.45) is 6.97. The molecule has 0 unspecified atom stereocenters. The van der Waals surface area contributed by atoms with Gasteiger partial charge in [0.25, 0.3) is 35.3 Å². The summed E-state index contributed by atoms with van der Waals surface area (Å²) in [5, 5.41) is 21.9. The van der Waals surface area contributed by atoms with E-state index in [2.05, 4.69) is 0 Å². The molecular weight excluding hydrogens is 749 g/mol. The van der Waals surface area contributed by atoms with Gasteiger partial charge in [-0.15, -0.1) is 0 Å². The van der Waals surface area contributed by atoms with E-state index in [1.165, 1.54) is 9.80 Å². The maximum Gasteiger partial charge on any atom is 0.348 e. The molecule has 0 aromatic carbocycles. The monoisotopic (exact) mass is 794 g/mol. The third-order valence-corrected chi connectivity index (χ3v) is 17.0. The van der Waals surface area contributed by atoms with Crippen LogP contribution in [0.5, 0.6) is 0 Å². The van der Waals surface area contributed by atoms with Gasteiger partial charge in [0.15, 0.2) is 0 Å². The number of sulfone groups is 2. The third-order valence-electron chi connectivity index (χ3n) is 12.0. The third kappa shape index (κ3) is 5.55. The lowest BCUT2D eigenvalue weighted by Gasteiger charge is -2.46. The van der Waals surface area contributed by atoms with Crippen molar-refractivity contribution in [3.63, 3.8) is 0 Å². The van der Waals surface area contributed by atoms with Gasteiger partial charge < -0.3 is 39.0 Å². The predicted molar refractivity (Wildman–Crippen MR) is 187 cm³/mol. The number of carbonyl (C=O) groups is 4. The highest BCUT2D eigenvalue weighted by atomic mass is 32.2. The van der Waals surface area contributed by atoms with Crippen LogP contribution in [0.25, 0.3) is 0 Å². The van der Waals surface area contributed by atoms with Crippen LogP contribution in [0.4, 0.5) is 0 Å². The zero-order valence-corrected chi connectivity index (χ0v) is 32.0. The molecule has 16 nitrogen and oxygen atoms in total. The molecule has 7 rings (SSSR count). The van der Waals surface area contributed by atoms with E-state index in [0.717, 1.165) is 25.0 Å². The lowest BCUT2D eigenvalue weighted by atomic mass is 9.87. The van der Waals surface area contributed by atoms with E-state index in [4.69, 9.17) is 18.9 Å². The minimum Gasteiger partial charge on any atom is -0.480 e. The standard InChI is InChI=1S/C36H46N2O14S2/c1-3-19-37-27(39)25(53(45,46)33(37)11-7-5-8-12-33)21-23-29(41)49-35(50-30(23)42)15-17-36(18-16-35)51-31(43)24(32(44)52-36)22-26-28(40)38(20-4-2)34(54(26,47)48)13-9-6-10-14-34/h21-22,41,43H,3-20H2,1-2H3/b25-21+,26-22+. The summed E-state index contributed by atoms with van der Waals surface area (Å²) in [4.78, 5) is 52.4. The Labute approximate surface area is 313 Å². The van der Waals surface area contributed by atoms with Gasteiger partial charge >= 0.3 is 11.9 Å². The lowest BCUT2D eigenvalue weighted by Crippen LogP contribution is -2.53. The lowest BCUT2D eigenvalue weighted by molar-refractivity contribution is -0.302. The summed E-state index contributed by atoms with van der Waals surface area (Å²) in [7, 11) is -8.47.